The molecule has 0 spiro atoms. The third-order valence-electron chi connectivity index (χ3n) is 5.99. The molecule has 156 valence electrons. The number of amides is 1. The van der Waals surface area contributed by atoms with Gasteiger partial charge < -0.3 is 13.9 Å². The Hall–Kier alpha value is -1.86. The van der Waals surface area contributed by atoms with Crippen LogP contribution in [0.15, 0.2) is 30.3 Å². The second kappa shape index (κ2) is 9.56. The second-order valence-electron chi connectivity index (χ2n) is 7.57. The number of rotatable bonds is 8. The predicted molar refractivity (Wildman–Crippen MR) is 110 cm³/mol. The summed E-state index contributed by atoms with van der Waals surface area (Å²) in [7, 11) is -0.631. The van der Waals surface area contributed by atoms with Crippen LogP contribution in [-0.4, -0.2) is 50.6 Å². The van der Waals surface area contributed by atoms with Crippen LogP contribution in [0.1, 0.15) is 39.7 Å². The molecule has 7 heteroatoms. The van der Waals surface area contributed by atoms with Crippen LogP contribution >= 0.6 is 0 Å². The molecule has 1 aromatic rings. The number of carbonyl (C=O) groups excluding carboxylic acids is 2. The highest BCUT2D eigenvalue weighted by molar-refractivity contribution is 6.73. The molecule has 0 radical (unpaired) electrons. The minimum absolute atomic E-state index is 0.166. The third kappa shape index (κ3) is 4.75. The van der Waals surface area contributed by atoms with E-state index in [1.807, 2.05) is 37.3 Å². The minimum Gasteiger partial charge on any atom is -0.467 e. The molecule has 28 heavy (non-hydrogen) atoms. The lowest BCUT2D eigenvalue weighted by Gasteiger charge is -2.41. The van der Waals surface area contributed by atoms with Gasteiger partial charge in [-0.25, -0.2) is 9.59 Å². The number of likely N-dealkylation sites (tertiary alicyclic amines) is 1. The van der Waals surface area contributed by atoms with Crippen molar-refractivity contribution in [3.05, 3.63) is 35.9 Å². The van der Waals surface area contributed by atoms with Crippen molar-refractivity contribution < 1.29 is 23.5 Å². The lowest BCUT2D eigenvalue weighted by atomic mass is 9.97. The highest BCUT2D eigenvalue weighted by atomic mass is 28.4. The Labute approximate surface area is 169 Å². The minimum atomic E-state index is -1.98. The zero-order chi connectivity index (χ0) is 20.8. The second-order valence-corrected chi connectivity index (χ2v) is 12.3. The van der Waals surface area contributed by atoms with E-state index >= 15 is 0 Å². The van der Waals surface area contributed by atoms with E-state index in [1.54, 1.807) is 0 Å². The van der Waals surface area contributed by atoms with Crippen LogP contribution in [0.3, 0.4) is 0 Å². The molecule has 1 fully saturated rings. The number of nitrogens with zero attached hydrogens (tertiary/aromatic N) is 1. The van der Waals surface area contributed by atoms with E-state index in [2.05, 4.69) is 20.8 Å². The van der Waals surface area contributed by atoms with E-state index in [9.17, 15) is 9.59 Å². The fourth-order valence-electron chi connectivity index (χ4n) is 3.99. The molecular weight excluding hydrogens is 374 g/mol. The van der Waals surface area contributed by atoms with Gasteiger partial charge in [-0.1, -0.05) is 51.1 Å². The van der Waals surface area contributed by atoms with E-state index in [0.29, 0.717) is 13.0 Å². The van der Waals surface area contributed by atoms with Crippen LogP contribution in [0, 0.1) is 0 Å². The van der Waals surface area contributed by atoms with Gasteiger partial charge in [0.25, 0.3) is 0 Å². The van der Waals surface area contributed by atoms with Crippen molar-refractivity contribution in [1.82, 2.24) is 4.90 Å². The maximum Gasteiger partial charge on any atom is 0.410 e. The standard InChI is InChI=1S/C21H33NO5Si/c1-6-28(7-2,8-3)27-21(4)14-15-22(18(21)19(23)25-5)20(24)26-16-17-12-10-9-11-13-17/h9-13,18H,6-8,14-16H2,1-5H3/t18-,21-/m1/s1. The largest absolute Gasteiger partial charge is 0.467 e. The lowest BCUT2D eigenvalue weighted by molar-refractivity contribution is -0.151. The lowest BCUT2D eigenvalue weighted by Crippen LogP contribution is -2.56. The summed E-state index contributed by atoms with van der Waals surface area (Å²) in [4.78, 5) is 26.9. The van der Waals surface area contributed by atoms with E-state index < -0.39 is 32.0 Å². The molecule has 1 aliphatic heterocycles. The van der Waals surface area contributed by atoms with Crippen LogP contribution < -0.4 is 0 Å². The maximum absolute atomic E-state index is 12.8. The number of ether oxygens (including phenoxy) is 2. The van der Waals surface area contributed by atoms with Crippen molar-refractivity contribution in [2.45, 2.75) is 70.5 Å². The first-order valence-electron chi connectivity index (χ1n) is 10.1. The molecular formula is C21H33NO5Si. The fourth-order valence-corrected chi connectivity index (χ4v) is 7.13. The Kier molecular flexibility index (Phi) is 7.66. The quantitative estimate of drug-likeness (QED) is 0.473. The van der Waals surface area contributed by atoms with Crippen molar-refractivity contribution in [2.75, 3.05) is 13.7 Å². The first kappa shape index (κ1) is 22.4. The molecule has 2 atom stereocenters. The summed E-state index contributed by atoms with van der Waals surface area (Å²) >= 11 is 0. The number of hydrogen-bond acceptors (Lipinski definition) is 5. The summed E-state index contributed by atoms with van der Waals surface area (Å²) in [6, 6.07) is 11.6. The van der Waals surface area contributed by atoms with Crippen LogP contribution in [-0.2, 0) is 25.3 Å². The summed E-state index contributed by atoms with van der Waals surface area (Å²) in [5.41, 5.74) is 0.144. The highest BCUT2D eigenvalue weighted by Crippen LogP contribution is 2.38. The van der Waals surface area contributed by atoms with Crippen LogP contribution in [0.25, 0.3) is 0 Å². The molecule has 1 saturated heterocycles. The molecule has 1 aliphatic rings. The molecule has 1 heterocycles. The Morgan fingerprint density at radius 1 is 1.14 bits per heavy atom. The van der Waals surface area contributed by atoms with E-state index in [0.717, 1.165) is 23.7 Å². The SMILES string of the molecule is CC[Si](CC)(CC)O[C@]1(C)CCN(C(=O)OCc2ccccc2)[C@@H]1C(=O)OC. The summed E-state index contributed by atoms with van der Waals surface area (Å²) in [6.45, 7) is 8.95. The summed E-state index contributed by atoms with van der Waals surface area (Å²) < 4.78 is 17.2. The summed E-state index contributed by atoms with van der Waals surface area (Å²) in [6.07, 6.45) is 0.0745. The molecule has 0 saturated carbocycles. The zero-order valence-electron chi connectivity index (χ0n) is 17.7. The molecule has 1 amide bonds. The molecule has 1 aromatic carbocycles. The Bertz CT molecular complexity index is 656. The highest BCUT2D eigenvalue weighted by Gasteiger charge is 2.55. The molecule has 6 nitrogen and oxygen atoms in total. The average molecular weight is 408 g/mol. The van der Waals surface area contributed by atoms with Gasteiger partial charge in [0.2, 0.25) is 0 Å². The fraction of sp³-hybridized carbons (Fsp3) is 0.619. The Morgan fingerprint density at radius 2 is 1.75 bits per heavy atom. The molecule has 0 unspecified atom stereocenters. The van der Waals surface area contributed by atoms with Gasteiger partial charge in [0.05, 0.1) is 12.7 Å². The van der Waals surface area contributed by atoms with Gasteiger partial charge in [0.15, 0.2) is 14.4 Å². The summed E-state index contributed by atoms with van der Waals surface area (Å²) in [5.74, 6) is -0.456. The van der Waals surface area contributed by atoms with Crippen molar-refractivity contribution in [2.24, 2.45) is 0 Å². The topological polar surface area (TPSA) is 65.1 Å². The number of methoxy groups -OCH3 is 1. The number of hydrogen-bond donors (Lipinski definition) is 0. The summed E-state index contributed by atoms with van der Waals surface area (Å²) in [5, 5.41) is 0. The first-order valence-corrected chi connectivity index (χ1v) is 12.6. The smallest absolute Gasteiger partial charge is 0.410 e. The molecule has 0 aliphatic carbocycles. The van der Waals surface area contributed by atoms with Crippen molar-refractivity contribution in [3.8, 4) is 0 Å². The third-order valence-corrected chi connectivity index (χ3v) is 10.8. The molecule has 0 bridgehead atoms. The monoisotopic (exact) mass is 407 g/mol. The van der Waals surface area contributed by atoms with E-state index in [-0.39, 0.29) is 6.61 Å². The average Bonchev–Trinajstić information content (AvgIpc) is 3.07. The molecule has 0 N–H and O–H groups in total. The molecule has 2 rings (SSSR count). The maximum atomic E-state index is 12.8. The van der Waals surface area contributed by atoms with Gasteiger partial charge in [-0.3, -0.25) is 4.90 Å². The van der Waals surface area contributed by atoms with Gasteiger partial charge in [0.1, 0.15) is 6.61 Å². The van der Waals surface area contributed by atoms with Crippen LogP contribution in [0.2, 0.25) is 18.1 Å². The van der Waals surface area contributed by atoms with E-state index in [4.69, 9.17) is 13.9 Å². The first-order chi connectivity index (χ1) is 13.3. The molecule has 0 aromatic heterocycles. The van der Waals surface area contributed by atoms with Gasteiger partial charge in [-0.2, -0.15) is 0 Å². The zero-order valence-corrected chi connectivity index (χ0v) is 18.7. The van der Waals surface area contributed by atoms with Crippen molar-refractivity contribution in [3.63, 3.8) is 0 Å². The Balaban J connectivity index is 2.19. The van der Waals surface area contributed by atoms with Gasteiger partial charge in [-0.15, -0.1) is 0 Å². The predicted octanol–water partition coefficient (Wildman–Crippen LogP) is 4.35. The number of carbonyl (C=O) groups is 2. The van der Waals surface area contributed by atoms with Crippen LogP contribution in [0.5, 0.6) is 0 Å². The van der Waals surface area contributed by atoms with Gasteiger partial charge in [0, 0.05) is 6.54 Å². The van der Waals surface area contributed by atoms with Gasteiger partial charge in [-0.05, 0) is 37.0 Å². The van der Waals surface area contributed by atoms with Crippen LogP contribution in [0.4, 0.5) is 4.79 Å². The van der Waals surface area contributed by atoms with Gasteiger partial charge >= 0.3 is 12.1 Å². The number of benzene rings is 1. The Morgan fingerprint density at radius 3 is 2.29 bits per heavy atom. The normalized spacial score (nSPS) is 22.2. The van der Waals surface area contributed by atoms with Crippen molar-refractivity contribution >= 4 is 20.4 Å². The number of esters is 1. The van der Waals surface area contributed by atoms with Crippen molar-refractivity contribution in [1.29, 1.82) is 0 Å². The van der Waals surface area contributed by atoms with E-state index in [1.165, 1.54) is 12.0 Å².